The second-order valence-electron chi connectivity index (χ2n) is 6.53. The van der Waals surface area contributed by atoms with Crippen LogP contribution in [0.15, 0.2) is 18.2 Å². The highest BCUT2D eigenvalue weighted by Crippen LogP contribution is 2.29. The van der Waals surface area contributed by atoms with Crippen LogP contribution in [0.25, 0.3) is 0 Å². The van der Waals surface area contributed by atoms with Crippen LogP contribution in [0.4, 0.5) is 5.69 Å². The van der Waals surface area contributed by atoms with Crippen molar-refractivity contribution in [2.45, 2.75) is 52.7 Å². The Balaban J connectivity index is 3.15. The summed E-state index contributed by atoms with van der Waals surface area (Å²) in [6.45, 7) is 11.2. The molecular formula is C16H26ClN3O. The largest absolute Gasteiger partial charge is 0.368 e. The van der Waals surface area contributed by atoms with Crippen LogP contribution in [0.2, 0.25) is 5.02 Å². The van der Waals surface area contributed by atoms with Crippen LogP contribution in [0, 0.1) is 0 Å². The molecule has 0 saturated carbocycles. The lowest BCUT2D eigenvalue weighted by molar-refractivity contribution is -0.116. The van der Waals surface area contributed by atoms with Crippen molar-refractivity contribution in [3.8, 4) is 0 Å². The molecule has 0 saturated heterocycles. The molecule has 0 bridgehead atoms. The Morgan fingerprint density at radius 2 is 2.00 bits per heavy atom. The minimum atomic E-state index is -0.349. The van der Waals surface area contributed by atoms with Gasteiger partial charge in [-0.25, -0.2) is 0 Å². The number of hydrogen-bond donors (Lipinski definition) is 2. The van der Waals surface area contributed by atoms with E-state index in [1.165, 1.54) is 0 Å². The van der Waals surface area contributed by atoms with Gasteiger partial charge in [0.25, 0.3) is 0 Å². The number of anilines is 1. The zero-order valence-electron chi connectivity index (χ0n) is 13.5. The van der Waals surface area contributed by atoms with Crippen molar-refractivity contribution in [3.05, 3.63) is 28.8 Å². The van der Waals surface area contributed by atoms with Crippen molar-refractivity contribution in [1.82, 2.24) is 5.32 Å². The van der Waals surface area contributed by atoms with E-state index in [1.54, 1.807) is 0 Å². The number of carbonyl (C=O) groups excluding carboxylic acids is 1. The molecular weight excluding hydrogens is 286 g/mol. The van der Waals surface area contributed by atoms with Gasteiger partial charge in [0, 0.05) is 34.4 Å². The lowest BCUT2D eigenvalue weighted by Crippen LogP contribution is -2.40. The van der Waals surface area contributed by atoms with E-state index in [2.05, 4.69) is 26.1 Å². The fourth-order valence-electron chi connectivity index (χ4n) is 2.06. The first kappa shape index (κ1) is 17.8. The first-order chi connectivity index (χ1) is 9.61. The van der Waals surface area contributed by atoms with Crippen LogP contribution in [-0.2, 0) is 11.3 Å². The lowest BCUT2D eigenvalue weighted by atomic mass is 10.1. The molecule has 1 rings (SSSR count). The number of halogens is 1. The molecule has 21 heavy (non-hydrogen) atoms. The molecule has 0 radical (unpaired) electrons. The van der Waals surface area contributed by atoms with E-state index >= 15 is 0 Å². The van der Waals surface area contributed by atoms with Gasteiger partial charge in [-0.15, -0.1) is 0 Å². The van der Waals surface area contributed by atoms with Gasteiger partial charge in [-0.3, -0.25) is 4.79 Å². The topological polar surface area (TPSA) is 58.4 Å². The first-order valence-electron chi connectivity index (χ1n) is 7.19. The van der Waals surface area contributed by atoms with Crippen LogP contribution in [0.5, 0.6) is 0 Å². The average Bonchev–Trinajstić information content (AvgIpc) is 2.32. The number of carbonyl (C=O) groups is 1. The highest BCUT2D eigenvalue weighted by atomic mass is 35.5. The smallest absolute Gasteiger partial charge is 0.236 e. The Bertz CT molecular complexity index is 495. The number of primary amides is 1. The second-order valence-corrected chi connectivity index (χ2v) is 6.94. The molecule has 0 aliphatic carbocycles. The summed E-state index contributed by atoms with van der Waals surface area (Å²) in [4.78, 5) is 13.3. The van der Waals surface area contributed by atoms with Gasteiger partial charge in [0.1, 0.15) is 0 Å². The summed E-state index contributed by atoms with van der Waals surface area (Å²) >= 11 is 6.36. The number of nitrogens with one attached hydrogen (secondary N) is 1. The Morgan fingerprint density at radius 1 is 1.38 bits per heavy atom. The quantitative estimate of drug-likeness (QED) is 0.849. The number of nitrogens with zero attached hydrogens (tertiary/aromatic N) is 1. The Morgan fingerprint density at radius 3 is 2.48 bits per heavy atom. The first-order valence-corrected chi connectivity index (χ1v) is 7.57. The van der Waals surface area contributed by atoms with Gasteiger partial charge in [-0.1, -0.05) is 17.7 Å². The fraction of sp³-hybridized carbons (Fsp3) is 0.562. The van der Waals surface area contributed by atoms with E-state index in [9.17, 15) is 4.79 Å². The van der Waals surface area contributed by atoms with Crippen molar-refractivity contribution in [1.29, 1.82) is 0 Å². The number of hydrogen-bond acceptors (Lipinski definition) is 3. The number of rotatable bonds is 6. The monoisotopic (exact) mass is 311 g/mol. The summed E-state index contributed by atoms with van der Waals surface area (Å²) < 4.78 is 0. The maximum Gasteiger partial charge on any atom is 0.236 e. The molecule has 0 fully saturated rings. The molecule has 0 aromatic heterocycles. The number of nitrogens with two attached hydrogens (primary N) is 1. The van der Waals surface area contributed by atoms with E-state index in [0.717, 1.165) is 11.3 Å². The molecule has 1 aromatic rings. The van der Waals surface area contributed by atoms with Crippen LogP contribution >= 0.6 is 11.6 Å². The molecule has 0 spiro atoms. The summed E-state index contributed by atoms with van der Waals surface area (Å²) in [7, 11) is 0. The third kappa shape index (κ3) is 5.56. The highest BCUT2D eigenvalue weighted by molar-refractivity contribution is 6.31. The predicted octanol–water partition coefficient (Wildman–Crippen LogP) is 2.93. The maximum absolute atomic E-state index is 11.3. The normalized spacial score (nSPS) is 11.8. The van der Waals surface area contributed by atoms with Crippen molar-refractivity contribution in [2.24, 2.45) is 5.73 Å². The average molecular weight is 312 g/mol. The Hall–Kier alpha value is -1.26. The predicted molar refractivity (Wildman–Crippen MR) is 89.7 cm³/mol. The van der Waals surface area contributed by atoms with Gasteiger partial charge in [0.05, 0.1) is 6.54 Å². The van der Waals surface area contributed by atoms with Crippen molar-refractivity contribution < 1.29 is 4.79 Å². The molecule has 0 aliphatic rings. The van der Waals surface area contributed by atoms with Crippen molar-refractivity contribution in [2.75, 3.05) is 11.4 Å². The van der Waals surface area contributed by atoms with E-state index in [-0.39, 0.29) is 24.0 Å². The molecule has 5 heteroatoms. The molecule has 1 amide bonds. The molecule has 1 aromatic carbocycles. The van der Waals surface area contributed by atoms with Gasteiger partial charge in [0.15, 0.2) is 0 Å². The molecule has 118 valence electrons. The van der Waals surface area contributed by atoms with E-state index in [1.807, 2.05) is 36.9 Å². The lowest BCUT2D eigenvalue weighted by Gasteiger charge is -2.31. The Labute approximate surface area is 132 Å². The number of amides is 1. The van der Waals surface area contributed by atoms with Gasteiger partial charge >= 0.3 is 0 Å². The standard InChI is InChI=1S/C16H26ClN3O/c1-11(2)20(10-15(18)21)14-8-6-7-13(17)12(14)9-19-16(3,4)5/h6-8,11,19H,9-10H2,1-5H3,(H2,18,21). The third-order valence-electron chi connectivity index (χ3n) is 3.15. The van der Waals surface area contributed by atoms with Gasteiger partial charge in [-0.2, -0.15) is 0 Å². The molecule has 0 aliphatic heterocycles. The van der Waals surface area contributed by atoms with Crippen LogP contribution in [-0.4, -0.2) is 24.0 Å². The minimum absolute atomic E-state index is 0.0111. The summed E-state index contributed by atoms with van der Waals surface area (Å²) in [5, 5.41) is 4.13. The Kier molecular flexibility index (Phi) is 6.05. The van der Waals surface area contributed by atoms with Crippen LogP contribution < -0.4 is 16.0 Å². The molecule has 3 N–H and O–H groups in total. The summed E-state index contributed by atoms with van der Waals surface area (Å²) in [6.07, 6.45) is 0. The summed E-state index contributed by atoms with van der Waals surface area (Å²) in [5.74, 6) is -0.349. The van der Waals surface area contributed by atoms with Gasteiger partial charge in [-0.05, 0) is 46.8 Å². The van der Waals surface area contributed by atoms with Crippen molar-refractivity contribution >= 4 is 23.2 Å². The minimum Gasteiger partial charge on any atom is -0.368 e. The molecule has 0 heterocycles. The van der Waals surface area contributed by atoms with Crippen molar-refractivity contribution in [3.63, 3.8) is 0 Å². The highest BCUT2D eigenvalue weighted by Gasteiger charge is 2.19. The molecule has 0 atom stereocenters. The van der Waals surface area contributed by atoms with Gasteiger partial charge in [0.2, 0.25) is 5.91 Å². The maximum atomic E-state index is 11.3. The van der Waals surface area contributed by atoms with E-state index in [0.29, 0.717) is 11.6 Å². The van der Waals surface area contributed by atoms with E-state index in [4.69, 9.17) is 17.3 Å². The molecule has 4 nitrogen and oxygen atoms in total. The zero-order valence-corrected chi connectivity index (χ0v) is 14.3. The van der Waals surface area contributed by atoms with Crippen LogP contribution in [0.3, 0.4) is 0 Å². The van der Waals surface area contributed by atoms with Gasteiger partial charge < -0.3 is 16.0 Å². The van der Waals surface area contributed by atoms with Crippen LogP contribution in [0.1, 0.15) is 40.2 Å². The molecule has 0 unspecified atom stereocenters. The SMILES string of the molecule is CC(C)N(CC(N)=O)c1cccc(Cl)c1CNC(C)(C)C. The zero-order chi connectivity index (χ0) is 16.2. The summed E-state index contributed by atoms with van der Waals surface area (Å²) in [6, 6.07) is 5.90. The fourth-order valence-corrected chi connectivity index (χ4v) is 2.30. The number of benzene rings is 1. The summed E-state index contributed by atoms with van der Waals surface area (Å²) in [5.41, 5.74) is 7.30. The van der Waals surface area contributed by atoms with E-state index < -0.39 is 0 Å². The third-order valence-corrected chi connectivity index (χ3v) is 3.50. The second kappa shape index (κ2) is 7.14.